The van der Waals surface area contributed by atoms with Crippen LogP contribution in [0.15, 0.2) is 34.9 Å². The smallest absolute Gasteiger partial charge is 0.407 e. The summed E-state index contributed by atoms with van der Waals surface area (Å²) in [5.41, 5.74) is 2.04. The maximum absolute atomic E-state index is 14.5. The van der Waals surface area contributed by atoms with E-state index in [1.165, 1.54) is 22.7 Å². The Labute approximate surface area is 226 Å². The van der Waals surface area contributed by atoms with Crippen LogP contribution in [0.1, 0.15) is 75.8 Å². The predicted molar refractivity (Wildman–Crippen MR) is 141 cm³/mol. The first-order chi connectivity index (χ1) is 18.4. The highest BCUT2D eigenvalue weighted by Gasteiger charge is 2.50. The molecule has 11 heteroatoms. The molecule has 3 heterocycles. The molecule has 2 atom stereocenters. The second-order valence-corrected chi connectivity index (χ2v) is 11.5. The maximum Gasteiger partial charge on any atom is 0.407 e. The molecule has 1 N–H and O–H groups in total. The number of carbonyl (C=O) groups excluding carboxylic acids is 2. The van der Waals surface area contributed by atoms with E-state index in [-0.39, 0.29) is 35.5 Å². The molecule has 2 unspecified atom stereocenters. The number of hydrogen-bond donors (Lipinski definition) is 1. The summed E-state index contributed by atoms with van der Waals surface area (Å²) in [6, 6.07) is 9.51. The van der Waals surface area contributed by atoms with E-state index in [4.69, 9.17) is 9.26 Å². The summed E-state index contributed by atoms with van der Waals surface area (Å²) in [5, 5.41) is 11.5. The summed E-state index contributed by atoms with van der Waals surface area (Å²) in [4.78, 5) is 31.4. The fourth-order valence-electron chi connectivity index (χ4n) is 5.16. The lowest BCUT2D eigenvalue weighted by molar-refractivity contribution is -0.131. The molecule has 2 amide bonds. The van der Waals surface area contributed by atoms with Gasteiger partial charge in [0.05, 0.1) is 17.2 Å². The first kappa shape index (κ1) is 26.8. The molecule has 1 aromatic carbocycles. The van der Waals surface area contributed by atoms with Crippen LogP contribution in [-0.2, 0) is 21.5 Å². The monoisotopic (exact) mass is 538 g/mol. The van der Waals surface area contributed by atoms with Crippen molar-refractivity contribution in [3.8, 4) is 11.6 Å². The number of aromatic nitrogens is 4. The number of halogens is 1. The second-order valence-electron chi connectivity index (χ2n) is 11.5. The van der Waals surface area contributed by atoms with Crippen molar-refractivity contribution in [1.29, 1.82) is 0 Å². The van der Waals surface area contributed by atoms with Crippen LogP contribution in [0.3, 0.4) is 0 Å². The van der Waals surface area contributed by atoms with Crippen LogP contribution in [0.5, 0.6) is 0 Å². The van der Waals surface area contributed by atoms with Gasteiger partial charge in [0.25, 0.3) is 5.89 Å². The Hall–Kier alpha value is -3.76. The number of nitrogens with zero attached hydrogens (tertiary/aromatic N) is 5. The SMILES string of the molecule is Cc1ccccc1C1(c2noc(-c3cc(C(C)F)n(CC(=O)N4CCC(NC(=O)OC(C)(C)C)C4)n3)n2)CC1. The van der Waals surface area contributed by atoms with E-state index < -0.39 is 17.9 Å². The van der Waals surface area contributed by atoms with Crippen molar-refractivity contribution in [3.63, 3.8) is 0 Å². The highest BCUT2D eigenvalue weighted by molar-refractivity contribution is 5.77. The van der Waals surface area contributed by atoms with E-state index in [9.17, 15) is 14.0 Å². The Bertz CT molecular complexity index is 1370. The predicted octanol–water partition coefficient (Wildman–Crippen LogP) is 4.48. The van der Waals surface area contributed by atoms with Crippen LogP contribution >= 0.6 is 0 Å². The van der Waals surface area contributed by atoms with Crippen molar-refractivity contribution in [3.05, 3.63) is 53.0 Å². The molecule has 0 spiro atoms. The lowest BCUT2D eigenvalue weighted by Crippen LogP contribution is -2.41. The maximum atomic E-state index is 14.5. The standard InChI is InChI=1S/C28H35FN6O4/c1-17-8-6-7-9-20(17)28(11-12-28)25-31-24(39-33-25)21-14-22(18(2)29)35(32-21)16-23(36)34-13-10-19(15-34)30-26(37)38-27(3,4)5/h6-9,14,18-19H,10-13,15-16H2,1-5H3,(H,30,37). The van der Waals surface area contributed by atoms with Gasteiger partial charge in [-0.1, -0.05) is 29.4 Å². The summed E-state index contributed by atoms with van der Waals surface area (Å²) >= 11 is 0. The van der Waals surface area contributed by atoms with Gasteiger partial charge in [-0.15, -0.1) is 0 Å². The molecule has 1 saturated carbocycles. The zero-order valence-corrected chi connectivity index (χ0v) is 23.0. The van der Waals surface area contributed by atoms with Crippen LogP contribution in [0.25, 0.3) is 11.6 Å². The van der Waals surface area contributed by atoms with Crippen LogP contribution in [-0.4, -0.2) is 61.6 Å². The van der Waals surface area contributed by atoms with Gasteiger partial charge in [-0.05, 0) is 71.1 Å². The number of benzene rings is 1. The van der Waals surface area contributed by atoms with Gasteiger partial charge in [0.1, 0.15) is 18.3 Å². The molecule has 5 rings (SSSR count). The van der Waals surface area contributed by atoms with Gasteiger partial charge < -0.3 is 19.5 Å². The van der Waals surface area contributed by atoms with Gasteiger partial charge in [0.15, 0.2) is 11.5 Å². The van der Waals surface area contributed by atoms with Crippen molar-refractivity contribution in [1.82, 2.24) is 30.1 Å². The molecular weight excluding hydrogens is 503 g/mol. The highest BCUT2D eigenvalue weighted by Crippen LogP contribution is 2.53. The van der Waals surface area contributed by atoms with Crippen LogP contribution in [0.2, 0.25) is 0 Å². The summed E-state index contributed by atoms with van der Waals surface area (Å²) in [7, 11) is 0. The molecule has 1 saturated heterocycles. The van der Waals surface area contributed by atoms with Gasteiger partial charge in [0, 0.05) is 13.1 Å². The molecule has 1 aliphatic carbocycles. The Morgan fingerprint density at radius 2 is 2.03 bits per heavy atom. The summed E-state index contributed by atoms with van der Waals surface area (Å²) in [6.45, 7) is 9.53. The lowest BCUT2D eigenvalue weighted by atomic mass is 9.91. The summed E-state index contributed by atoms with van der Waals surface area (Å²) < 4.78 is 26.8. The van der Waals surface area contributed by atoms with Gasteiger partial charge in [-0.3, -0.25) is 9.48 Å². The fourth-order valence-corrected chi connectivity index (χ4v) is 5.16. The minimum absolute atomic E-state index is 0.142. The van der Waals surface area contributed by atoms with E-state index in [0.29, 0.717) is 31.0 Å². The van der Waals surface area contributed by atoms with Crippen LogP contribution < -0.4 is 5.32 Å². The van der Waals surface area contributed by atoms with Crippen molar-refractivity contribution in [2.75, 3.05) is 13.1 Å². The Morgan fingerprint density at radius 3 is 2.69 bits per heavy atom. The van der Waals surface area contributed by atoms with Crippen molar-refractivity contribution >= 4 is 12.0 Å². The number of rotatable bonds is 7. The number of amides is 2. The third kappa shape index (κ3) is 5.67. The van der Waals surface area contributed by atoms with E-state index in [2.05, 4.69) is 39.6 Å². The quantitative estimate of drug-likeness (QED) is 0.472. The lowest BCUT2D eigenvalue weighted by Gasteiger charge is -2.22. The average molecular weight is 539 g/mol. The Balaban J connectivity index is 1.28. The number of alkyl halides is 1. The normalized spacial score (nSPS) is 19.1. The van der Waals surface area contributed by atoms with Crippen LogP contribution in [0.4, 0.5) is 9.18 Å². The minimum atomic E-state index is -1.36. The van der Waals surface area contributed by atoms with E-state index in [1.54, 1.807) is 31.7 Å². The number of alkyl carbamates (subject to hydrolysis) is 1. The molecule has 2 aromatic heterocycles. The zero-order valence-electron chi connectivity index (χ0n) is 23.0. The molecule has 1 aliphatic heterocycles. The van der Waals surface area contributed by atoms with Crippen molar-refractivity contribution in [2.24, 2.45) is 0 Å². The van der Waals surface area contributed by atoms with Crippen molar-refractivity contribution in [2.45, 2.75) is 83.7 Å². The Morgan fingerprint density at radius 1 is 1.28 bits per heavy atom. The minimum Gasteiger partial charge on any atom is -0.444 e. The topological polar surface area (TPSA) is 115 Å². The molecule has 0 bridgehead atoms. The third-order valence-electron chi connectivity index (χ3n) is 7.25. The summed E-state index contributed by atoms with van der Waals surface area (Å²) in [5.74, 6) is 0.566. The highest BCUT2D eigenvalue weighted by atomic mass is 19.1. The molecule has 39 heavy (non-hydrogen) atoms. The summed E-state index contributed by atoms with van der Waals surface area (Å²) in [6.07, 6.45) is 0.581. The number of ether oxygens (including phenoxy) is 1. The number of carbonyl (C=O) groups is 2. The number of nitrogens with one attached hydrogen (secondary N) is 1. The van der Waals surface area contributed by atoms with Gasteiger partial charge in [-0.25, -0.2) is 9.18 Å². The molecule has 10 nitrogen and oxygen atoms in total. The average Bonchev–Trinajstić information content (AvgIpc) is 3.20. The zero-order chi connectivity index (χ0) is 27.9. The fraction of sp³-hybridized carbons (Fsp3) is 0.536. The van der Waals surface area contributed by atoms with E-state index in [1.807, 2.05) is 12.1 Å². The molecule has 0 radical (unpaired) electrons. The molecule has 3 aromatic rings. The van der Waals surface area contributed by atoms with Gasteiger partial charge in [-0.2, -0.15) is 10.1 Å². The molecule has 2 fully saturated rings. The largest absolute Gasteiger partial charge is 0.444 e. The number of hydrogen-bond acceptors (Lipinski definition) is 7. The molecule has 2 aliphatic rings. The number of likely N-dealkylation sites (tertiary alicyclic amines) is 1. The van der Waals surface area contributed by atoms with Crippen LogP contribution in [0, 0.1) is 6.92 Å². The molecular formula is C28H35FN6O4. The van der Waals surface area contributed by atoms with Gasteiger partial charge >= 0.3 is 6.09 Å². The third-order valence-corrected chi connectivity index (χ3v) is 7.25. The second kappa shape index (κ2) is 10.1. The number of aryl methyl sites for hydroxylation is 1. The Kier molecular flexibility index (Phi) is 6.94. The van der Waals surface area contributed by atoms with E-state index >= 15 is 0 Å². The first-order valence-corrected chi connectivity index (χ1v) is 13.3. The first-order valence-electron chi connectivity index (χ1n) is 13.3. The van der Waals surface area contributed by atoms with E-state index in [0.717, 1.165) is 12.8 Å². The molecule has 208 valence electrons. The van der Waals surface area contributed by atoms with Crippen molar-refractivity contribution < 1.29 is 23.2 Å². The van der Waals surface area contributed by atoms with Gasteiger partial charge in [0.2, 0.25) is 5.91 Å².